The number of hydrogen-bond donors (Lipinski definition) is 1. The van der Waals surface area contributed by atoms with Gasteiger partial charge in [-0.05, 0) is 30.7 Å². The van der Waals surface area contributed by atoms with Crippen LogP contribution in [0.3, 0.4) is 0 Å². The molecule has 0 spiro atoms. The van der Waals surface area contributed by atoms with Gasteiger partial charge in [0.05, 0.1) is 6.54 Å². The van der Waals surface area contributed by atoms with Crippen molar-refractivity contribution >= 4 is 11.6 Å². The highest BCUT2D eigenvalue weighted by molar-refractivity contribution is 5.77. The Morgan fingerprint density at radius 3 is 2.58 bits per heavy atom. The quantitative estimate of drug-likeness (QED) is 0.798. The summed E-state index contributed by atoms with van der Waals surface area (Å²) >= 11 is 0. The van der Waals surface area contributed by atoms with Crippen molar-refractivity contribution in [3.05, 3.63) is 29.6 Å². The van der Waals surface area contributed by atoms with Crippen molar-refractivity contribution in [1.82, 2.24) is 9.80 Å². The molecule has 0 unspecified atom stereocenters. The summed E-state index contributed by atoms with van der Waals surface area (Å²) in [5.41, 5.74) is 7.07. The molecule has 1 rings (SSSR count). The molecule has 1 aromatic rings. The Labute approximate surface area is 114 Å². The van der Waals surface area contributed by atoms with E-state index in [-0.39, 0.29) is 11.7 Å². The van der Waals surface area contributed by atoms with E-state index in [4.69, 9.17) is 5.73 Å². The van der Waals surface area contributed by atoms with Crippen LogP contribution in [0.1, 0.15) is 18.9 Å². The molecule has 4 nitrogen and oxygen atoms in total. The number of hydrogen-bond acceptors (Lipinski definition) is 3. The Kier molecular flexibility index (Phi) is 5.76. The van der Waals surface area contributed by atoms with E-state index in [9.17, 15) is 9.18 Å². The molecule has 0 saturated carbocycles. The molecule has 1 aromatic carbocycles. The molecule has 0 heterocycles. The van der Waals surface area contributed by atoms with Gasteiger partial charge in [0, 0.05) is 26.3 Å². The summed E-state index contributed by atoms with van der Waals surface area (Å²) in [6, 6.07) is 4.38. The lowest BCUT2D eigenvalue weighted by molar-refractivity contribution is -0.130. The SMILES string of the molecule is CCCN(CC(=O)N(C)C)Cc1ccc(F)cc1N. The third kappa shape index (κ3) is 4.87. The van der Waals surface area contributed by atoms with Gasteiger partial charge < -0.3 is 10.6 Å². The molecule has 0 aromatic heterocycles. The second kappa shape index (κ2) is 7.09. The Balaban J connectivity index is 2.74. The highest BCUT2D eigenvalue weighted by Crippen LogP contribution is 2.16. The van der Waals surface area contributed by atoms with Crippen molar-refractivity contribution in [2.45, 2.75) is 19.9 Å². The van der Waals surface area contributed by atoms with Gasteiger partial charge in [-0.2, -0.15) is 0 Å². The average Bonchev–Trinajstić information content (AvgIpc) is 2.32. The molecule has 2 N–H and O–H groups in total. The van der Waals surface area contributed by atoms with E-state index in [1.807, 2.05) is 4.90 Å². The molecule has 0 aliphatic carbocycles. The maximum absolute atomic E-state index is 13.0. The van der Waals surface area contributed by atoms with E-state index in [0.717, 1.165) is 18.5 Å². The van der Waals surface area contributed by atoms with Gasteiger partial charge in [0.15, 0.2) is 0 Å². The predicted molar refractivity (Wildman–Crippen MR) is 75.1 cm³/mol. The number of nitrogens with zero attached hydrogens (tertiary/aromatic N) is 2. The van der Waals surface area contributed by atoms with Crippen molar-refractivity contribution in [3.8, 4) is 0 Å². The lowest BCUT2D eigenvalue weighted by Crippen LogP contribution is -2.36. The number of benzene rings is 1. The molecule has 5 heteroatoms. The number of halogens is 1. The molecular formula is C14H22FN3O. The molecule has 0 fully saturated rings. The molecule has 0 aliphatic rings. The van der Waals surface area contributed by atoms with Gasteiger partial charge in [-0.3, -0.25) is 9.69 Å². The smallest absolute Gasteiger partial charge is 0.236 e. The number of carbonyl (C=O) groups excluding carboxylic acids is 1. The molecule has 0 atom stereocenters. The fraction of sp³-hybridized carbons (Fsp3) is 0.500. The summed E-state index contributed by atoms with van der Waals surface area (Å²) in [6.07, 6.45) is 0.946. The Hall–Kier alpha value is -1.62. The second-order valence-electron chi connectivity index (χ2n) is 4.84. The van der Waals surface area contributed by atoms with Crippen LogP contribution in [0.5, 0.6) is 0 Å². The van der Waals surface area contributed by atoms with Crippen LogP contribution in [0.2, 0.25) is 0 Å². The summed E-state index contributed by atoms with van der Waals surface area (Å²) < 4.78 is 13.0. The van der Waals surface area contributed by atoms with E-state index < -0.39 is 0 Å². The number of anilines is 1. The fourth-order valence-corrected chi connectivity index (χ4v) is 1.81. The minimum Gasteiger partial charge on any atom is -0.398 e. The molecule has 1 amide bonds. The van der Waals surface area contributed by atoms with Gasteiger partial charge in [-0.25, -0.2) is 4.39 Å². The van der Waals surface area contributed by atoms with Crippen LogP contribution < -0.4 is 5.73 Å². The minimum absolute atomic E-state index is 0.0501. The first-order valence-electron chi connectivity index (χ1n) is 6.40. The first-order chi connectivity index (χ1) is 8.93. The first kappa shape index (κ1) is 15.4. The third-order valence-corrected chi connectivity index (χ3v) is 2.90. The van der Waals surface area contributed by atoms with Gasteiger partial charge in [0.1, 0.15) is 5.82 Å². The van der Waals surface area contributed by atoms with Crippen molar-refractivity contribution in [3.63, 3.8) is 0 Å². The lowest BCUT2D eigenvalue weighted by atomic mass is 10.1. The van der Waals surface area contributed by atoms with Crippen molar-refractivity contribution in [2.24, 2.45) is 0 Å². The predicted octanol–water partition coefficient (Wildman–Crippen LogP) is 1.71. The van der Waals surface area contributed by atoms with E-state index in [2.05, 4.69) is 6.92 Å². The van der Waals surface area contributed by atoms with Crippen LogP contribution in [-0.4, -0.2) is 42.9 Å². The summed E-state index contributed by atoms with van der Waals surface area (Å²) in [6.45, 7) is 3.76. The van der Waals surface area contributed by atoms with Gasteiger partial charge in [0.2, 0.25) is 5.91 Å². The van der Waals surface area contributed by atoms with E-state index in [1.54, 1.807) is 25.1 Å². The number of carbonyl (C=O) groups is 1. The maximum Gasteiger partial charge on any atom is 0.236 e. The molecule has 0 bridgehead atoms. The van der Waals surface area contributed by atoms with E-state index in [1.165, 1.54) is 12.1 Å². The van der Waals surface area contributed by atoms with E-state index >= 15 is 0 Å². The highest BCUT2D eigenvalue weighted by atomic mass is 19.1. The van der Waals surface area contributed by atoms with Crippen LogP contribution in [-0.2, 0) is 11.3 Å². The number of amides is 1. The zero-order valence-electron chi connectivity index (χ0n) is 11.8. The zero-order valence-corrected chi connectivity index (χ0v) is 11.8. The van der Waals surface area contributed by atoms with Gasteiger partial charge in [0.25, 0.3) is 0 Å². The van der Waals surface area contributed by atoms with Crippen LogP contribution in [0, 0.1) is 5.82 Å². The monoisotopic (exact) mass is 267 g/mol. The Morgan fingerprint density at radius 1 is 1.37 bits per heavy atom. The molecular weight excluding hydrogens is 245 g/mol. The number of nitrogen functional groups attached to an aromatic ring is 1. The van der Waals surface area contributed by atoms with Crippen LogP contribution >= 0.6 is 0 Å². The second-order valence-corrected chi connectivity index (χ2v) is 4.84. The zero-order chi connectivity index (χ0) is 14.4. The summed E-state index contributed by atoms with van der Waals surface area (Å²) in [5.74, 6) is -0.290. The first-order valence-corrected chi connectivity index (χ1v) is 6.40. The number of likely N-dealkylation sites (N-methyl/N-ethyl adjacent to an activating group) is 1. The van der Waals surface area contributed by atoms with E-state index in [0.29, 0.717) is 18.8 Å². The molecule has 0 saturated heterocycles. The largest absolute Gasteiger partial charge is 0.398 e. The van der Waals surface area contributed by atoms with Gasteiger partial charge in [-0.1, -0.05) is 13.0 Å². The fourth-order valence-electron chi connectivity index (χ4n) is 1.81. The van der Waals surface area contributed by atoms with Crippen molar-refractivity contribution in [2.75, 3.05) is 32.9 Å². The highest BCUT2D eigenvalue weighted by Gasteiger charge is 2.13. The Morgan fingerprint density at radius 2 is 2.05 bits per heavy atom. The van der Waals surface area contributed by atoms with Crippen molar-refractivity contribution < 1.29 is 9.18 Å². The maximum atomic E-state index is 13.0. The average molecular weight is 267 g/mol. The molecule has 0 radical (unpaired) electrons. The topological polar surface area (TPSA) is 49.6 Å². The molecule has 19 heavy (non-hydrogen) atoms. The van der Waals surface area contributed by atoms with Gasteiger partial charge in [-0.15, -0.1) is 0 Å². The number of rotatable bonds is 6. The third-order valence-electron chi connectivity index (χ3n) is 2.90. The van der Waals surface area contributed by atoms with Crippen molar-refractivity contribution in [1.29, 1.82) is 0 Å². The standard InChI is InChI=1S/C14H22FN3O/c1-4-7-18(10-14(19)17(2)3)9-11-5-6-12(15)8-13(11)16/h5-6,8H,4,7,9-10,16H2,1-3H3. The molecule has 0 aliphatic heterocycles. The summed E-state index contributed by atoms with van der Waals surface area (Å²) in [5, 5.41) is 0. The number of nitrogens with two attached hydrogens (primary N) is 1. The minimum atomic E-state index is -0.340. The molecule has 106 valence electrons. The van der Waals surface area contributed by atoms with Crippen LogP contribution in [0.4, 0.5) is 10.1 Å². The lowest BCUT2D eigenvalue weighted by Gasteiger charge is -2.23. The van der Waals surface area contributed by atoms with Gasteiger partial charge >= 0.3 is 0 Å². The normalized spacial score (nSPS) is 10.8. The Bertz CT molecular complexity index is 435. The summed E-state index contributed by atoms with van der Waals surface area (Å²) in [4.78, 5) is 15.3. The van der Waals surface area contributed by atoms with Crippen LogP contribution in [0.15, 0.2) is 18.2 Å². The summed E-state index contributed by atoms with van der Waals surface area (Å²) in [7, 11) is 3.47. The van der Waals surface area contributed by atoms with Crippen LogP contribution in [0.25, 0.3) is 0 Å².